The van der Waals surface area contributed by atoms with Gasteiger partial charge in [0.25, 0.3) is 0 Å². The van der Waals surface area contributed by atoms with E-state index >= 15 is 0 Å². The lowest BCUT2D eigenvalue weighted by molar-refractivity contribution is -0.122. The highest BCUT2D eigenvalue weighted by atomic mass is 35.5. The third kappa shape index (κ3) is 4.66. The van der Waals surface area contributed by atoms with Gasteiger partial charge in [-0.05, 0) is 49.2 Å². The van der Waals surface area contributed by atoms with Gasteiger partial charge in [0.15, 0.2) is 0 Å². The molecule has 1 aliphatic carbocycles. The van der Waals surface area contributed by atoms with E-state index in [1.165, 1.54) is 30.5 Å². The topological polar surface area (TPSA) is 79.6 Å². The summed E-state index contributed by atoms with van der Waals surface area (Å²) in [7, 11) is -3.87. The molecule has 1 heterocycles. The zero-order valence-corrected chi connectivity index (χ0v) is 15.8. The van der Waals surface area contributed by atoms with Crippen molar-refractivity contribution in [3.05, 3.63) is 53.4 Å². The fraction of sp³-hybridized carbons (Fsp3) is 0.389. The molecule has 140 valence electrons. The maximum absolute atomic E-state index is 13.0. The standard InChI is InChI=1S/C18H21ClN2O4S/c19-14-7-9-17(10-8-14)26(23,24)21(12-16-6-3-11-25-16)13-18(22)20-15-4-1-2-5-15/h3,6-11,15H,1-2,4-5,12-13H2,(H,20,22). The van der Waals surface area contributed by atoms with Crippen LogP contribution in [0.5, 0.6) is 0 Å². The zero-order valence-electron chi connectivity index (χ0n) is 14.2. The molecule has 0 saturated heterocycles. The number of hydrogen-bond acceptors (Lipinski definition) is 4. The smallest absolute Gasteiger partial charge is 0.243 e. The van der Waals surface area contributed by atoms with E-state index in [2.05, 4.69) is 5.32 Å². The molecular weight excluding hydrogens is 376 g/mol. The van der Waals surface area contributed by atoms with Crippen LogP contribution >= 0.6 is 11.6 Å². The van der Waals surface area contributed by atoms with E-state index in [1.807, 2.05) is 0 Å². The Morgan fingerprint density at radius 3 is 2.50 bits per heavy atom. The first-order valence-corrected chi connectivity index (χ1v) is 10.3. The Morgan fingerprint density at radius 2 is 1.88 bits per heavy atom. The van der Waals surface area contributed by atoms with Gasteiger partial charge in [-0.25, -0.2) is 8.42 Å². The van der Waals surface area contributed by atoms with Crippen LogP contribution in [0.4, 0.5) is 0 Å². The van der Waals surface area contributed by atoms with E-state index in [1.54, 1.807) is 12.1 Å². The Bertz CT molecular complexity index is 829. The van der Waals surface area contributed by atoms with Gasteiger partial charge in [-0.3, -0.25) is 4.79 Å². The molecule has 0 unspecified atom stereocenters. The molecule has 0 aliphatic heterocycles. The quantitative estimate of drug-likeness (QED) is 0.779. The molecule has 0 bridgehead atoms. The molecule has 1 fully saturated rings. The Labute approximate surface area is 158 Å². The summed E-state index contributed by atoms with van der Waals surface area (Å²) in [4.78, 5) is 12.5. The van der Waals surface area contributed by atoms with Gasteiger partial charge in [-0.1, -0.05) is 24.4 Å². The molecule has 1 saturated carbocycles. The number of carbonyl (C=O) groups is 1. The van der Waals surface area contributed by atoms with Crippen molar-refractivity contribution in [2.45, 2.75) is 43.2 Å². The Hall–Kier alpha value is -1.83. The number of sulfonamides is 1. The predicted octanol–water partition coefficient (Wildman–Crippen LogP) is 3.18. The fourth-order valence-electron chi connectivity index (χ4n) is 3.06. The lowest BCUT2D eigenvalue weighted by Crippen LogP contribution is -2.43. The monoisotopic (exact) mass is 396 g/mol. The van der Waals surface area contributed by atoms with E-state index in [0.29, 0.717) is 10.8 Å². The van der Waals surface area contributed by atoms with E-state index in [0.717, 1.165) is 30.0 Å². The second kappa shape index (κ2) is 8.24. The first kappa shape index (κ1) is 18.9. The Kier molecular flexibility index (Phi) is 6.01. The normalized spacial score (nSPS) is 15.5. The summed E-state index contributed by atoms with van der Waals surface area (Å²) in [5.74, 6) is 0.164. The average Bonchev–Trinajstić information content (AvgIpc) is 3.28. The van der Waals surface area contributed by atoms with Crippen molar-refractivity contribution in [1.82, 2.24) is 9.62 Å². The summed E-state index contributed by atoms with van der Waals surface area (Å²) in [6.45, 7) is -0.280. The van der Waals surface area contributed by atoms with Gasteiger partial charge >= 0.3 is 0 Å². The Balaban J connectivity index is 1.79. The van der Waals surface area contributed by atoms with Gasteiger partial charge in [0.1, 0.15) is 5.76 Å². The molecule has 8 heteroatoms. The van der Waals surface area contributed by atoms with Crippen LogP contribution in [0.2, 0.25) is 5.02 Å². The number of nitrogens with one attached hydrogen (secondary N) is 1. The molecule has 0 radical (unpaired) electrons. The number of carbonyl (C=O) groups excluding carboxylic acids is 1. The summed E-state index contributed by atoms with van der Waals surface area (Å²) in [6.07, 6.45) is 5.52. The Morgan fingerprint density at radius 1 is 1.19 bits per heavy atom. The van der Waals surface area contributed by atoms with Crippen LogP contribution in [-0.4, -0.2) is 31.2 Å². The SMILES string of the molecule is O=C(CN(Cc1ccco1)S(=O)(=O)c1ccc(Cl)cc1)NC1CCCC1. The first-order valence-electron chi connectivity index (χ1n) is 8.52. The molecule has 1 N–H and O–H groups in total. The molecule has 0 atom stereocenters. The molecule has 0 spiro atoms. The predicted molar refractivity (Wildman–Crippen MR) is 98.2 cm³/mol. The summed E-state index contributed by atoms with van der Waals surface area (Å²) in [5.41, 5.74) is 0. The van der Waals surface area contributed by atoms with Crippen LogP contribution in [-0.2, 0) is 21.4 Å². The van der Waals surface area contributed by atoms with Crippen molar-refractivity contribution >= 4 is 27.5 Å². The van der Waals surface area contributed by atoms with E-state index in [-0.39, 0.29) is 29.9 Å². The molecule has 1 aromatic heterocycles. The maximum Gasteiger partial charge on any atom is 0.243 e. The minimum absolute atomic E-state index is 0.0178. The van der Waals surface area contributed by atoms with Crippen LogP contribution < -0.4 is 5.32 Å². The maximum atomic E-state index is 13.0. The van der Waals surface area contributed by atoms with E-state index < -0.39 is 10.0 Å². The second-order valence-electron chi connectivity index (χ2n) is 6.36. The number of furan rings is 1. The average molecular weight is 397 g/mol. The molecule has 2 aromatic rings. The number of rotatable bonds is 7. The van der Waals surface area contributed by atoms with Gasteiger partial charge in [0.05, 0.1) is 24.2 Å². The summed E-state index contributed by atoms with van der Waals surface area (Å²) in [6, 6.07) is 9.38. The first-order chi connectivity index (χ1) is 12.4. The van der Waals surface area contributed by atoms with Crippen molar-refractivity contribution in [2.75, 3.05) is 6.54 Å². The van der Waals surface area contributed by atoms with Gasteiger partial charge < -0.3 is 9.73 Å². The fourth-order valence-corrected chi connectivity index (χ4v) is 4.55. The van der Waals surface area contributed by atoms with Crippen LogP contribution in [0.1, 0.15) is 31.4 Å². The minimum atomic E-state index is -3.87. The number of hydrogen-bond donors (Lipinski definition) is 1. The molecule has 3 rings (SSSR count). The number of amides is 1. The van der Waals surface area contributed by atoms with Gasteiger partial charge in [-0.15, -0.1) is 0 Å². The van der Waals surface area contributed by atoms with Crippen LogP contribution in [0, 0.1) is 0 Å². The third-order valence-corrected chi connectivity index (χ3v) is 6.46. The highest BCUT2D eigenvalue weighted by molar-refractivity contribution is 7.89. The van der Waals surface area contributed by atoms with E-state index in [4.69, 9.17) is 16.0 Å². The van der Waals surface area contributed by atoms with Gasteiger partial charge in [-0.2, -0.15) is 4.31 Å². The molecule has 1 aliphatic rings. The van der Waals surface area contributed by atoms with Crippen LogP contribution in [0.15, 0.2) is 52.0 Å². The van der Waals surface area contributed by atoms with Crippen molar-refractivity contribution in [2.24, 2.45) is 0 Å². The second-order valence-corrected chi connectivity index (χ2v) is 8.73. The molecular formula is C18H21ClN2O4S. The van der Waals surface area contributed by atoms with Gasteiger partial charge in [0.2, 0.25) is 15.9 Å². The summed E-state index contributed by atoms with van der Waals surface area (Å²) >= 11 is 5.85. The van der Waals surface area contributed by atoms with Crippen LogP contribution in [0.25, 0.3) is 0 Å². The lowest BCUT2D eigenvalue weighted by atomic mass is 10.2. The largest absolute Gasteiger partial charge is 0.468 e. The van der Waals surface area contributed by atoms with Crippen molar-refractivity contribution in [1.29, 1.82) is 0 Å². The lowest BCUT2D eigenvalue weighted by Gasteiger charge is -2.22. The molecule has 6 nitrogen and oxygen atoms in total. The molecule has 1 aromatic carbocycles. The molecule has 26 heavy (non-hydrogen) atoms. The summed E-state index contributed by atoms with van der Waals surface area (Å²) < 4.78 is 32.4. The van der Waals surface area contributed by atoms with Crippen molar-refractivity contribution in [3.8, 4) is 0 Å². The molecule has 1 amide bonds. The van der Waals surface area contributed by atoms with E-state index in [9.17, 15) is 13.2 Å². The number of halogens is 1. The van der Waals surface area contributed by atoms with Crippen molar-refractivity contribution < 1.29 is 17.6 Å². The number of nitrogens with zero attached hydrogens (tertiary/aromatic N) is 1. The van der Waals surface area contributed by atoms with Crippen molar-refractivity contribution in [3.63, 3.8) is 0 Å². The summed E-state index contributed by atoms with van der Waals surface area (Å²) in [5, 5.41) is 3.37. The highest BCUT2D eigenvalue weighted by Gasteiger charge is 2.28. The van der Waals surface area contributed by atoms with Gasteiger partial charge in [0, 0.05) is 11.1 Å². The number of benzene rings is 1. The highest BCUT2D eigenvalue weighted by Crippen LogP contribution is 2.21. The zero-order chi connectivity index (χ0) is 18.6. The van der Waals surface area contributed by atoms with Crippen LogP contribution in [0.3, 0.4) is 0 Å². The third-order valence-electron chi connectivity index (χ3n) is 4.40. The minimum Gasteiger partial charge on any atom is -0.468 e.